The number of amides is 2. The molecule has 1 saturated carbocycles. The number of nitrogens with one attached hydrogen (secondary N) is 2. The molecule has 2 N–H and O–H groups in total. The minimum atomic E-state index is -0.240. The zero-order chi connectivity index (χ0) is 19.1. The maximum atomic E-state index is 12.1. The molecule has 2 amide bonds. The fraction of sp³-hybridized carbons (Fsp3) is 0.286. The van der Waals surface area contributed by atoms with Crippen LogP contribution in [0.15, 0.2) is 48.5 Å². The van der Waals surface area contributed by atoms with Gasteiger partial charge in [-0.3, -0.25) is 0 Å². The number of hydrogen-bond donors (Lipinski definition) is 2. The van der Waals surface area contributed by atoms with E-state index < -0.39 is 0 Å². The number of urea groups is 1. The highest BCUT2D eigenvalue weighted by atomic mass is 16.5. The minimum Gasteiger partial charge on any atom is -0.490 e. The largest absolute Gasteiger partial charge is 0.490 e. The van der Waals surface area contributed by atoms with Gasteiger partial charge in [-0.2, -0.15) is 10.5 Å². The van der Waals surface area contributed by atoms with Crippen molar-refractivity contribution in [1.29, 1.82) is 10.5 Å². The van der Waals surface area contributed by atoms with Crippen LogP contribution in [0, 0.1) is 22.7 Å². The lowest BCUT2D eigenvalue weighted by Crippen LogP contribution is -2.41. The molecule has 1 fully saturated rings. The van der Waals surface area contributed by atoms with E-state index in [1.165, 1.54) is 0 Å². The first kappa shape index (κ1) is 18.3. The summed E-state index contributed by atoms with van der Waals surface area (Å²) < 4.78 is 5.96. The summed E-state index contributed by atoms with van der Waals surface area (Å²) in [4.78, 5) is 12.1. The predicted molar refractivity (Wildman–Crippen MR) is 101 cm³/mol. The van der Waals surface area contributed by atoms with Gasteiger partial charge in [0.15, 0.2) is 0 Å². The van der Waals surface area contributed by atoms with E-state index in [2.05, 4.69) is 16.7 Å². The van der Waals surface area contributed by atoms with Crippen LogP contribution in [0.2, 0.25) is 0 Å². The molecule has 6 nitrogen and oxygen atoms in total. The standard InChI is InChI=1S/C21H20N4O2/c22-13-15-1-5-17(6-2-15)24-21(26)25-18-7-11-20(12-8-18)27-19-9-3-16(14-23)4-10-19/h1-6,9-10,18,20H,7-8,11-12H2,(H2,24,25,26)/t18-,20-. The topological polar surface area (TPSA) is 97.9 Å². The van der Waals surface area contributed by atoms with E-state index in [1.54, 1.807) is 36.4 Å². The van der Waals surface area contributed by atoms with Crippen molar-refractivity contribution in [3.8, 4) is 17.9 Å². The fourth-order valence-electron chi connectivity index (χ4n) is 3.11. The molecule has 1 aliphatic carbocycles. The van der Waals surface area contributed by atoms with Crippen LogP contribution in [0.1, 0.15) is 36.8 Å². The maximum absolute atomic E-state index is 12.1. The minimum absolute atomic E-state index is 0.115. The average molecular weight is 360 g/mol. The first-order chi connectivity index (χ1) is 13.2. The van der Waals surface area contributed by atoms with Gasteiger partial charge in [0, 0.05) is 11.7 Å². The summed E-state index contributed by atoms with van der Waals surface area (Å²) in [6.45, 7) is 0. The van der Waals surface area contributed by atoms with Crippen LogP contribution in [0.3, 0.4) is 0 Å². The lowest BCUT2D eigenvalue weighted by atomic mass is 9.93. The summed E-state index contributed by atoms with van der Waals surface area (Å²) in [6, 6.07) is 17.9. The second-order valence-electron chi connectivity index (χ2n) is 6.52. The number of rotatable bonds is 4. The molecule has 136 valence electrons. The Morgan fingerprint density at radius 1 is 0.889 bits per heavy atom. The van der Waals surface area contributed by atoms with Gasteiger partial charge in [0.05, 0.1) is 29.4 Å². The third-order valence-electron chi connectivity index (χ3n) is 4.57. The lowest BCUT2D eigenvalue weighted by Gasteiger charge is -2.29. The normalized spacial score (nSPS) is 18.6. The monoisotopic (exact) mass is 360 g/mol. The number of carbonyl (C=O) groups is 1. The summed E-state index contributed by atoms with van der Waals surface area (Å²) in [5.74, 6) is 0.768. The Balaban J connectivity index is 1.42. The Morgan fingerprint density at radius 3 is 2.00 bits per heavy atom. The van der Waals surface area contributed by atoms with Gasteiger partial charge < -0.3 is 15.4 Å². The van der Waals surface area contributed by atoms with Crippen LogP contribution in [0.4, 0.5) is 10.5 Å². The number of hydrogen-bond acceptors (Lipinski definition) is 4. The predicted octanol–water partition coefficient (Wildman–Crippen LogP) is 3.94. The fourth-order valence-corrected chi connectivity index (χ4v) is 3.11. The molecule has 0 saturated heterocycles. The molecule has 6 heteroatoms. The highest BCUT2D eigenvalue weighted by Crippen LogP contribution is 2.24. The van der Waals surface area contributed by atoms with Crippen LogP contribution in [0.25, 0.3) is 0 Å². The quantitative estimate of drug-likeness (QED) is 0.863. The van der Waals surface area contributed by atoms with Crippen LogP contribution in [-0.2, 0) is 0 Å². The molecule has 0 radical (unpaired) electrons. The SMILES string of the molecule is N#Cc1ccc(NC(=O)N[C@H]2CC[C@H](Oc3ccc(C#N)cc3)CC2)cc1. The summed E-state index contributed by atoms with van der Waals surface area (Å²) in [5.41, 5.74) is 1.83. The zero-order valence-corrected chi connectivity index (χ0v) is 14.8. The number of carbonyl (C=O) groups excluding carboxylic acids is 1. The summed E-state index contributed by atoms with van der Waals surface area (Å²) >= 11 is 0. The van der Waals surface area contributed by atoms with Gasteiger partial charge in [-0.1, -0.05) is 0 Å². The van der Waals surface area contributed by atoms with Gasteiger partial charge in [0.25, 0.3) is 0 Å². The molecule has 0 unspecified atom stereocenters. The summed E-state index contributed by atoms with van der Waals surface area (Å²) in [6.07, 6.45) is 3.55. The molecule has 3 rings (SSSR count). The molecule has 2 aromatic rings. The Hall–Kier alpha value is -3.51. The average Bonchev–Trinajstić information content (AvgIpc) is 2.70. The second-order valence-corrected chi connectivity index (χ2v) is 6.52. The van der Waals surface area contributed by atoms with Crippen molar-refractivity contribution in [2.75, 3.05) is 5.32 Å². The molecule has 0 spiro atoms. The van der Waals surface area contributed by atoms with Gasteiger partial charge in [0.1, 0.15) is 5.75 Å². The van der Waals surface area contributed by atoms with E-state index >= 15 is 0 Å². The molecule has 0 bridgehead atoms. The number of benzene rings is 2. The Bertz CT molecular complexity index is 855. The number of nitriles is 2. The maximum Gasteiger partial charge on any atom is 0.319 e. The van der Waals surface area contributed by atoms with Crippen LogP contribution >= 0.6 is 0 Å². The van der Waals surface area contributed by atoms with Gasteiger partial charge in [-0.15, -0.1) is 0 Å². The van der Waals surface area contributed by atoms with Crippen LogP contribution < -0.4 is 15.4 Å². The van der Waals surface area contributed by atoms with Crippen molar-refractivity contribution < 1.29 is 9.53 Å². The molecule has 27 heavy (non-hydrogen) atoms. The molecular formula is C21H20N4O2. The van der Waals surface area contributed by atoms with Gasteiger partial charge in [-0.05, 0) is 74.2 Å². The first-order valence-electron chi connectivity index (χ1n) is 8.91. The van der Waals surface area contributed by atoms with Crippen molar-refractivity contribution in [3.05, 3.63) is 59.7 Å². The second kappa shape index (κ2) is 8.73. The highest BCUT2D eigenvalue weighted by Gasteiger charge is 2.23. The van der Waals surface area contributed by atoms with Crippen molar-refractivity contribution in [1.82, 2.24) is 5.32 Å². The summed E-state index contributed by atoms with van der Waals surface area (Å²) in [7, 11) is 0. The molecule has 0 aliphatic heterocycles. The molecule has 2 aromatic carbocycles. The van der Waals surface area contributed by atoms with Crippen molar-refractivity contribution in [2.24, 2.45) is 0 Å². The molecule has 1 aliphatic rings. The van der Waals surface area contributed by atoms with E-state index in [0.29, 0.717) is 16.8 Å². The van der Waals surface area contributed by atoms with E-state index in [1.807, 2.05) is 18.2 Å². The van der Waals surface area contributed by atoms with Crippen molar-refractivity contribution in [3.63, 3.8) is 0 Å². The van der Waals surface area contributed by atoms with Gasteiger partial charge in [-0.25, -0.2) is 4.79 Å². The Kier molecular flexibility index (Phi) is 5.91. The van der Waals surface area contributed by atoms with Crippen molar-refractivity contribution in [2.45, 2.75) is 37.8 Å². The molecule has 0 heterocycles. The molecule has 0 aromatic heterocycles. The molecule has 0 atom stereocenters. The highest BCUT2D eigenvalue weighted by molar-refractivity contribution is 5.89. The van der Waals surface area contributed by atoms with E-state index in [9.17, 15) is 4.79 Å². The third-order valence-corrected chi connectivity index (χ3v) is 4.57. The number of anilines is 1. The van der Waals surface area contributed by atoms with Crippen LogP contribution in [0.5, 0.6) is 5.75 Å². The van der Waals surface area contributed by atoms with E-state index in [0.717, 1.165) is 31.4 Å². The van der Waals surface area contributed by atoms with E-state index in [-0.39, 0.29) is 18.2 Å². The first-order valence-corrected chi connectivity index (χ1v) is 8.91. The summed E-state index contributed by atoms with van der Waals surface area (Å²) in [5, 5.41) is 23.4. The Morgan fingerprint density at radius 2 is 1.44 bits per heavy atom. The smallest absolute Gasteiger partial charge is 0.319 e. The van der Waals surface area contributed by atoms with E-state index in [4.69, 9.17) is 15.3 Å². The van der Waals surface area contributed by atoms with Crippen LogP contribution in [-0.4, -0.2) is 18.2 Å². The van der Waals surface area contributed by atoms with Crippen molar-refractivity contribution >= 4 is 11.7 Å². The lowest BCUT2D eigenvalue weighted by molar-refractivity contribution is 0.141. The van der Waals surface area contributed by atoms with Gasteiger partial charge >= 0.3 is 6.03 Å². The molecular weight excluding hydrogens is 340 g/mol. The Labute approximate surface area is 158 Å². The number of nitrogens with zero attached hydrogens (tertiary/aromatic N) is 2. The van der Waals surface area contributed by atoms with Gasteiger partial charge in [0.2, 0.25) is 0 Å². The zero-order valence-electron chi connectivity index (χ0n) is 14.8. The number of ether oxygens (including phenoxy) is 1. The third kappa shape index (κ3) is 5.23.